The van der Waals surface area contributed by atoms with E-state index in [2.05, 4.69) is 26.0 Å². The van der Waals surface area contributed by atoms with Crippen LogP contribution in [0, 0.1) is 13.8 Å². The zero-order valence-electron chi connectivity index (χ0n) is 9.49. The first kappa shape index (κ1) is 11.1. The molecule has 82 valence electrons. The van der Waals surface area contributed by atoms with Gasteiger partial charge in [-0.25, -0.2) is 0 Å². The molecule has 0 saturated heterocycles. The van der Waals surface area contributed by atoms with Crippen LogP contribution in [0.5, 0.6) is 0 Å². The second-order valence-electron chi connectivity index (χ2n) is 3.95. The maximum atomic E-state index is 12.0. The highest BCUT2D eigenvalue weighted by atomic mass is 32.1. The highest BCUT2D eigenvalue weighted by Crippen LogP contribution is 2.18. The third-order valence-electron chi connectivity index (χ3n) is 2.78. The van der Waals surface area contributed by atoms with Gasteiger partial charge in [0.2, 0.25) is 0 Å². The summed E-state index contributed by atoms with van der Waals surface area (Å²) in [5.41, 5.74) is 3.57. The van der Waals surface area contributed by atoms with Crippen molar-refractivity contribution in [3.8, 4) is 0 Å². The minimum absolute atomic E-state index is 0.215. The van der Waals surface area contributed by atoms with Crippen molar-refractivity contribution in [2.24, 2.45) is 0 Å². The van der Waals surface area contributed by atoms with Crippen LogP contribution < -0.4 is 0 Å². The molecule has 0 aliphatic rings. The van der Waals surface area contributed by atoms with Crippen LogP contribution in [-0.4, -0.2) is 5.78 Å². The molecular weight excluding hydrogens is 216 g/mol. The molecule has 0 saturated carbocycles. The fourth-order valence-corrected chi connectivity index (χ4v) is 2.48. The van der Waals surface area contributed by atoms with E-state index >= 15 is 0 Å². The van der Waals surface area contributed by atoms with Gasteiger partial charge < -0.3 is 0 Å². The van der Waals surface area contributed by atoms with E-state index in [1.807, 2.05) is 23.6 Å². The van der Waals surface area contributed by atoms with Gasteiger partial charge in [-0.05, 0) is 42.0 Å². The summed E-state index contributed by atoms with van der Waals surface area (Å²) in [4.78, 5) is 12.8. The van der Waals surface area contributed by atoms with Crippen molar-refractivity contribution in [3.05, 3.63) is 57.3 Å². The van der Waals surface area contributed by atoms with Crippen LogP contribution in [0.15, 0.2) is 35.7 Å². The lowest BCUT2D eigenvalue weighted by Gasteiger charge is -2.07. The van der Waals surface area contributed by atoms with Gasteiger partial charge in [0, 0.05) is 6.42 Å². The van der Waals surface area contributed by atoms with Crippen LogP contribution in [0.4, 0.5) is 0 Å². The molecule has 1 aromatic heterocycles. The fourth-order valence-electron chi connectivity index (χ4n) is 1.81. The predicted molar refractivity (Wildman–Crippen MR) is 68.3 cm³/mol. The molecule has 0 spiro atoms. The first-order valence-corrected chi connectivity index (χ1v) is 6.18. The smallest absolute Gasteiger partial charge is 0.177 e. The number of ketones is 1. The zero-order chi connectivity index (χ0) is 11.5. The van der Waals surface area contributed by atoms with Crippen molar-refractivity contribution in [1.29, 1.82) is 0 Å². The van der Waals surface area contributed by atoms with Gasteiger partial charge in [0.25, 0.3) is 0 Å². The number of Topliss-reactive ketones (excluding diaryl/α,β-unsaturated/α-hetero) is 1. The molecule has 2 rings (SSSR count). The molecule has 1 nitrogen and oxygen atoms in total. The van der Waals surface area contributed by atoms with Gasteiger partial charge in [-0.2, -0.15) is 0 Å². The van der Waals surface area contributed by atoms with Crippen molar-refractivity contribution < 1.29 is 4.79 Å². The lowest BCUT2D eigenvalue weighted by molar-refractivity contribution is 0.0996. The van der Waals surface area contributed by atoms with Gasteiger partial charge in [-0.1, -0.05) is 24.3 Å². The minimum atomic E-state index is 0.215. The van der Waals surface area contributed by atoms with Crippen LogP contribution in [0.1, 0.15) is 26.4 Å². The van der Waals surface area contributed by atoms with E-state index in [9.17, 15) is 4.79 Å². The predicted octanol–water partition coefficient (Wildman–Crippen LogP) is 3.79. The Balaban J connectivity index is 2.25. The Hall–Kier alpha value is -1.41. The molecule has 2 heteroatoms. The first-order chi connectivity index (χ1) is 7.68. The fraction of sp³-hybridized carbons (Fsp3) is 0.214. The maximum absolute atomic E-state index is 12.0. The monoisotopic (exact) mass is 230 g/mol. The molecular formula is C14H14OS. The summed E-state index contributed by atoms with van der Waals surface area (Å²) in [6, 6.07) is 9.96. The molecule has 0 amide bonds. The summed E-state index contributed by atoms with van der Waals surface area (Å²) < 4.78 is 0. The molecule has 0 aliphatic carbocycles. The molecule has 2 aromatic rings. The molecule has 0 aliphatic heterocycles. The van der Waals surface area contributed by atoms with Crippen LogP contribution in [-0.2, 0) is 6.42 Å². The summed E-state index contributed by atoms with van der Waals surface area (Å²) in [5, 5.41) is 1.94. The van der Waals surface area contributed by atoms with Crippen molar-refractivity contribution in [2.75, 3.05) is 0 Å². The van der Waals surface area contributed by atoms with Crippen molar-refractivity contribution in [3.63, 3.8) is 0 Å². The van der Waals surface area contributed by atoms with Crippen LogP contribution >= 0.6 is 11.3 Å². The van der Waals surface area contributed by atoms with E-state index in [0.29, 0.717) is 6.42 Å². The molecule has 1 heterocycles. The number of thiophene rings is 1. The summed E-state index contributed by atoms with van der Waals surface area (Å²) in [6.07, 6.45) is 0.513. The summed E-state index contributed by atoms with van der Waals surface area (Å²) in [7, 11) is 0. The Kier molecular flexibility index (Phi) is 3.20. The lowest BCUT2D eigenvalue weighted by Crippen LogP contribution is -2.04. The van der Waals surface area contributed by atoms with Crippen LogP contribution in [0.25, 0.3) is 0 Å². The highest BCUT2D eigenvalue weighted by molar-refractivity contribution is 7.12. The molecule has 16 heavy (non-hydrogen) atoms. The largest absolute Gasteiger partial charge is 0.293 e. The number of hydrogen-bond acceptors (Lipinski definition) is 2. The van der Waals surface area contributed by atoms with E-state index < -0.39 is 0 Å². The van der Waals surface area contributed by atoms with Gasteiger partial charge in [-0.15, -0.1) is 11.3 Å². The quantitative estimate of drug-likeness (QED) is 0.733. The second kappa shape index (κ2) is 4.62. The van der Waals surface area contributed by atoms with Crippen LogP contribution in [0.3, 0.4) is 0 Å². The van der Waals surface area contributed by atoms with Crippen molar-refractivity contribution >= 4 is 17.1 Å². The summed E-state index contributed by atoms with van der Waals surface area (Å²) in [5.74, 6) is 0.215. The molecule has 0 radical (unpaired) electrons. The molecule has 1 aromatic carbocycles. The molecule has 0 unspecified atom stereocenters. The Morgan fingerprint density at radius 1 is 1.12 bits per heavy atom. The Labute approximate surface area is 99.8 Å². The van der Waals surface area contributed by atoms with E-state index in [0.717, 1.165) is 4.88 Å². The summed E-state index contributed by atoms with van der Waals surface area (Å²) >= 11 is 1.51. The SMILES string of the molecule is Cc1cccc(C)c1CC(=O)c1cccs1. The number of carbonyl (C=O) groups excluding carboxylic acids is 1. The third-order valence-corrected chi connectivity index (χ3v) is 3.69. The lowest BCUT2D eigenvalue weighted by atomic mass is 9.98. The van der Waals surface area contributed by atoms with Crippen LogP contribution in [0.2, 0.25) is 0 Å². The van der Waals surface area contributed by atoms with E-state index in [-0.39, 0.29) is 5.78 Å². The number of aryl methyl sites for hydroxylation is 2. The average molecular weight is 230 g/mol. The van der Waals surface area contributed by atoms with Gasteiger partial charge >= 0.3 is 0 Å². The van der Waals surface area contributed by atoms with Gasteiger partial charge in [0.1, 0.15) is 0 Å². The Morgan fingerprint density at radius 3 is 2.38 bits per heavy atom. The zero-order valence-corrected chi connectivity index (χ0v) is 10.3. The van der Waals surface area contributed by atoms with E-state index in [4.69, 9.17) is 0 Å². The molecule has 0 atom stereocenters. The number of hydrogen-bond donors (Lipinski definition) is 0. The molecule has 0 bridgehead atoms. The third kappa shape index (κ3) is 2.22. The number of carbonyl (C=O) groups is 1. The first-order valence-electron chi connectivity index (χ1n) is 5.30. The average Bonchev–Trinajstić information content (AvgIpc) is 2.76. The number of rotatable bonds is 3. The molecule has 0 N–H and O–H groups in total. The van der Waals surface area contributed by atoms with Crippen molar-refractivity contribution in [1.82, 2.24) is 0 Å². The molecule has 0 fully saturated rings. The van der Waals surface area contributed by atoms with E-state index in [1.54, 1.807) is 0 Å². The van der Waals surface area contributed by atoms with E-state index in [1.165, 1.54) is 28.0 Å². The highest BCUT2D eigenvalue weighted by Gasteiger charge is 2.11. The maximum Gasteiger partial charge on any atom is 0.177 e. The number of benzene rings is 1. The second-order valence-corrected chi connectivity index (χ2v) is 4.90. The van der Waals surface area contributed by atoms with Gasteiger partial charge in [-0.3, -0.25) is 4.79 Å². The standard InChI is InChI=1S/C14H14OS/c1-10-5-3-6-11(2)12(10)9-13(15)14-7-4-8-16-14/h3-8H,9H2,1-2H3. The minimum Gasteiger partial charge on any atom is -0.293 e. The van der Waals surface area contributed by atoms with Gasteiger partial charge in [0.05, 0.1) is 4.88 Å². The van der Waals surface area contributed by atoms with Gasteiger partial charge in [0.15, 0.2) is 5.78 Å². The van der Waals surface area contributed by atoms with Crippen molar-refractivity contribution in [2.45, 2.75) is 20.3 Å². The Bertz CT molecular complexity index is 477. The topological polar surface area (TPSA) is 17.1 Å². The Morgan fingerprint density at radius 2 is 1.81 bits per heavy atom. The summed E-state index contributed by atoms with van der Waals surface area (Å²) in [6.45, 7) is 4.12. The normalized spacial score (nSPS) is 10.4.